The number of halogens is 1. The van der Waals surface area contributed by atoms with Gasteiger partial charge in [0.1, 0.15) is 10.7 Å². The molecule has 0 radical (unpaired) electrons. The summed E-state index contributed by atoms with van der Waals surface area (Å²) in [5, 5.41) is 7.16. The van der Waals surface area contributed by atoms with Gasteiger partial charge in [-0.25, -0.2) is 12.8 Å². The SMILES string of the molecule is Cc1ccc(S(=O)(=O)C2(CCc3nc(C)no3)CCC(c3ccc(F)cc3)N2)cc1. The van der Waals surface area contributed by atoms with Gasteiger partial charge in [0.05, 0.1) is 4.90 Å². The normalized spacial score (nSPS) is 21.8. The molecule has 158 valence electrons. The van der Waals surface area contributed by atoms with Gasteiger partial charge in [0.25, 0.3) is 0 Å². The molecule has 2 heterocycles. The highest BCUT2D eigenvalue weighted by molar-refractivity contribution is 7.92. The van der Waals surface area contributed by atoms with Crippen molar-refractivity contribution in [3.63, 3.8) is 0 Å². The van der Waals surface area contributed by atoms with E-state index >= 15 is 0 Å². The second-order valence-electron chi connectivity index (χ2n) is 7.83. The molecule has 3 aromatic rings. The van der Waals surface area contributed by atoms with E-state index in [4.69, 9.17) is 4.52 Å². The minimum absolute atomic E-state index is 0.185. The van der Waals surface area contributed by atoms with Crippen molar-refractivity contribution in [2.24, 2.45) is 0 Å². The lowest BCUT2D eigenvalue weighted by molar-refractivity contribution is 0.353. The standard InChI is InChI=1S/C22H24FN3O3S/c1-15-3-9-19(10-4-15)30(27,28)22(14-12-21-24-16(2)26-29-21)13-11-20(25-22)17-5-7-18(23)8-6-17/h3-10,20,25H,11-14H2,1-2H3. The lowest BCUT2D eigenvalue weighted by Crippen LogP contribution is -2.48. The molecule has 0 amide bonds. The maximum Gasteiger partial charge on any atom is 0.226 e. The first-order valence-corrected chi connectivity index (χ1v) is 11.4. The first-order valence-electron chi connectivity index (χ1n) is 9.93. The number of rotatable bonds is 6. The molecule has 2 unspecified atom stereocenters. The Kier molecular flexibility index (Phi) is 5.46. The largest absolute Gasteiger partial charge is 0.339 e. The molecule has 0 saturated carbocycles. The molecule has 1 N–H and O–H groups in total. The predicted molar refractivity (Wildman–Crippen MR) is 110 cm³/mol. The third-order valence-corrected chi connectivity index (χ3v) is 8.15. The topological polar surface area (TPSA) is 85.1 Å². The summed E-state index contributed by atoms with van der Waals surface area (Å²) in [4.78, 5) is 3.32. The molecule has 2 atom stereocenters. The zero-order valence-electron chi connectivity index (χ0n) is 16.9. The number of nitrogens with one attached hydrogen (secondary N) is 1. The molecular formula is C22H24FN3O3S. The third kappa shape index (κ3) is 3.89. The highest BCUT2D eigenvalue weighted by atomic mass is 32.2. The number of sulfone groups is 1. The lowest BCUT2D eigenvalue weighted by Gasteiger charge is -2.30. The first kappa shape index (κ1) is 20.7. The van der Waals surface area contributed by atoms with Crippen molar-refractivity contribution in [3.8, 4) is 0 Å². The van der Waals surface area contributed by atoms with Crippen molar-refractivity contribution >= 4 is 9.84 Å². The quantitative estimate of drug-likeness (QED) is 0.636. The molecule has 30 heavy (non-hydrogen) atoms. The Balaban J connectivity index is 1.67. The lowest BCUT2D eigenvalue weighted by atomic mass is 10.0. The van der Waals surface area contributed by atoms with Gasteiger partial charge in [-0.3, -0.25) is 5.32 Å². The smallest absolute Gasteiger partial charge is 0.226 e. The molecule has 8 heteroatoms. The fourth-order valence-corrected chi connectivity index (χ4v) is 6.02. The molecule has 0 aliphatic carbocycles. The molecule has 2 aromatic carbocycles. The van der Waals surface area contributed by atoms with Gasteiger partial charge in [-0.05, 0) is 62.9 Å². The average molecular weight is 430 g/mol. The first-order chi connectivity index (χ1) is 14.3. The summed E-state index contributed by atoms with van der Waals surface area (Å²) in [6.45, 7) is 3.65. The number of aryl methyl sites for hydroxylation is 3. The van der Waals surface area contributed by atoms with Crippen LogP contribution in [0.4, 0.5) is 4.39 Å². The summed E-state index contributed by atoms with van der Waals surface area (Å²) in [7, 11) is -3.70. The van der Waals surface area contributed by atoms with E-state index in [1.807, 2.05) is 6.92 Å². The van der Waals surface area contributed by atoms with Crippen LogP contribution in [-0.2, 0) is 16.3 Å². The van der Waals surface area contributed by atoms with Gasteiger partial charge in [-0.2, -0.15) is 4.98 Å². The van der Waals surface area contributed by atoms with Crippen molar-refractivity contribution in [1.82, 2.24) is 15.5 Å². The summed E-state index contributed by atoms with van der Waals surface area (Å²) in [5.41, 5.74) is 1.86. The molecular weight excluding hydrogens is 405 g/mol. The zero-order chi connectivity index (χ0) is 21.4. The monoisotopic (exact) mass is 429 g/mol. The van der Waals surface area contributed by atoms with Crippen molar-refractivity contribution < 1.29 is 17.3 Å². The molecule has 6 nitrogen and oxygen atoms in total. The van der Waals surface area contributed by atoms with Crippen LogP contribution >= 0.6 is 0 Å². The second-order valence-corrected chi connectivity index (χ2v) is 10.1. The highest BCUT2D eigenvalue weighted by Gasteiger charge is 2.49. The Hall–Kier alpha value is -2.58. The van der Waals surface area contributed by atoms with Gasteiger partial charge in [-0.15, -0.1) is 0 Å². The van der Waals surface area contributed by atoms with Gasteiger partial charge in [0.15, 0.2) is 15.7 Å². The van der Waals surface area contributed by atoms with E-state index in [9.17, 15) is 12.8 Å². The highest BCUT2D eigenvalue weighted by Crippen LogP contribution is 2.42. The fourth-order valence-electron chi connectivity index (χ4n) is 4.02. The second kappa shape index (κ2) is 7.92. The Morgan fingerprint density at radius 2 is 1.83 bits per heavy atom. The number of hydrogen-bond donors (Lipinski definition) is 1. The van der Waals surface area contributed by atoms with E-state index in [-0.39, 0.29) is 16.8 Å². The predicted octanol–water partition coefficient (Wildman–Crippen LogP) is 4.05. The Bertz CT molecular complexity index is 1130. The van der Waals surface area contributed by atoms with Crippen LogP contribution in [0.15, 0.2) is 57.9 Å². The van der Waals surface area contributed by atoms with Gasteiger partial charge in [0, 0.05) is 12.5 Å². The maximum absolute atomic E-state index is 13.7. The van der Waals surface area contributed by atoms with Crippen LogP contribution in [0.1, 0.15) is 48.1 Å². The van der Waals surface area contributed by atoms with Gasteiger partial charge in [0.2, 0.25) is 5.89 Å². The van der Waals surface area contributed by atoms with Crippen molar-refractivity contribution in [2.45, 2.75) is 55.3 Å². The van der Waals surface area contributed by atoms with Crippen LogP contribution in [0, 0.1) is 19.7 Å². The van der Waals surface area contributed by atoms with E-state index in [2.05, 4.69) is 15.5 Å². The molecule has 1 saturated heterocycles. The van der Waals surface area contributed by atoms with Gasteiger partial charge in [-0.1, -0.05) is 35.0 Å². The van der Waals surface area contributed by atoms with Crippen molar-refractivity contribution in [3.05, 3.63) is 77.2 Å². The van der Waals surface area contributed by atoms with Gasteiger partial charge < -0.3 is 4.52 Å². The third-order valence-electron chi connectivity index (χ3n) is 5.70. The van der Waals surface area contributed by atoms with Crippen LogP contribution < -0.4 is 5.32 Å². The number of hydrogen-bond acceptors (Lipinski definition) is 6. The van der Waals surface area contributed by atoms with E-state index in [1.165, 1.54) is 12.1 Å². The van der Waals surface area contributed by atoms with Crippen LogP contribution in [0.5, 0.6) is 0 Å². The number of nitrogens with zero attached hydrogens (tertiary/aromatic N) is 2. The van der Waals surface area contributed by atoms with Crippen LogP contribution in [0.25, 0.3) is 0 Å². The summed E-state index contributed by atoms with van der Waals surface area (Å²) < 4.78 is 46.0. The van der Waals surface area contributed by atoms with Gasteiger partial charge >= 0.3 is 0 Å². The number of benzene rings is 2. The Labute approximate surface area is 175 Å². The molecule has 1 aromatic heterocycles. The summed E-state index contributed by atoms with van der Waals surface area (Å²) in [6.07, 6.45) is 1.69. The fraction of sp³-hybridized carbons (Fsp3) is 0.364. The molecule has 0 spiro atoms. The van der Waals surface area contributed by atoms with E-state index < -0.39 is 14.7 Å². The van der Waals surface area contributed by atoms with Crippen LogP contribution in [0.3, 0.4) is 0 Å². The Morgan fingerprint density at radius 1 is 1.13 bits per heavy atom. The van der Waals surface area contributed by atoms with Crippen LogP contribution in [0.2, 0.25) is 0 Å². The molecule has 0 bridgehead atoms. The van der Waals surface area contributed by atoms with E-state index in [1.54, 1.807) is 43.3 Å². The maximum atomic E-state index is 13.7. The molecule has 1 aliphatic rings. The zero-order valence-corrected chi connectivity index (χ0v) is 17.7. The molecule has 1 aliphatic heterocycles. The summed E-state index contributed by atoms with van der Waals surface area (Å²) >= 11 is 0. The Morgan fingerprint density at radius 3 is 2.47 bits per heavy atom. The minimum atomic E-state index is -3.70. The average Bonchev–Trinajstić information content (AvgIpc) is 3.35. The minimum Gasteiger partial charge on any atom is -0.339 e. The van der Waals surface area contributed by atoms with Crippen molar-refractivity contribution in [2.75, 3.05) is 0 Å². The number of aromatic nitrogens is 2. The molecule has 4 rings (SSSR count). The van der Waals surface area contributed by atoms with E-state index in [0.29, 0.717) is 37.4 Å². The summed E-state index contributed by atoms with van der Waals surface area (Å²) in [6, 6.07) is 12.9. The molecule has 1 fully saturated rings. The van der Waals surface area contributed by atoms with Crippen molar-refractivity contribution in [1.29, 1.82) is 0 Å². The van der Waals surface area contributed by atoms with Crippen LogP contribution in [-0.4, -0.2) is 23.4 Å². The summed E-state index contributed by atoms with van der Waals surface area (Å²) in [5.74, 6) is 0.615. The van der Waals surface area contributed by atoms with E-state index in [0.717, 1.165) is 11.1 Å².